The summed E-state index contributed by atoms with van der Waals surface area (Å²) < 4.78 is 7.31. The molecule has 0 spiro atoms. The third-order valence-corrected chi connectivity index (χ3v) is 4.29. The van der Waals surface area contributed by atoms with Crippen molar-refractivity contribution in [3.63, 3.8) is 0 Å². The van der Waals surface area contributed by atoms with Crippen LogP contribution < -0.4 is 15.8 Å². The van der Waals surface area contributed by atoms with Gasteiger partial charge in [-0.15, -0.1) is 17.5 Å². The maximum Gasteiger partial charge on any atom is 0.274 e. The third kappa shape index (κ3) is 5.94. The molecule has 1 heterocycles. The van der Waals surface area contributed by atoms with E-state index in [0.717, 1.165) is 17.9 Å². The van der Waals surface area contributed by atoms with E-state index in [1.165, 1.54) is 0 Å². The lowest BCUT2D eigenvalue weighted by atomic mass is 9.90. The first-order valence-electron chi connectivity index (χ1n) is 9.37. The van der Waals surface area contributed by atoms with Crippen LogP contribution in [0.15, 0.2) is 24.3 Å². The number of halogens is 1. The molecule has 0 aliphatic rings. The highest BCUT2D eigenvalue weighted by atomic mass is 35.5. The molecule has 1 unspecified atom stereocenters. The van der Waals surface area contributed by atoms with Gasteiger partial charge in [-0.1, -0.05) is 19.1 Å². The molecule has 3 N–H and O–H groups in total. The van der Waals surface area contributed by atoms with Crippen molar-refractivity contribution in [2.75, 3.05) is 6.54 Å². The van der Waals surface area contributed by atoms with Crippen LogP contribution in [0.4, 0.5) is 0 Å². The molecule has 0 saturated carbocycles. The molecule has 0 saturated heterocycles. The van der Waals surface area contributed by atoms with Crippen molar-refractivity contribution < 1.29 is 9.53 Å². The molecule has 0 aliphatic heterocycles. The Morgan fingerprint density at radius 3 is 2.36 bits per heavy atom. The molecule has 0 bridgehead atoms. The summed E-state index contributed by atoms with van der Waals surface area (Å²) in [6.45, 7) is 12.3. The van der Waals surface area contributed by atoms with Crippen LogP contribution in [0, 0.1) is 12.8 Å². The molecule has 1 aromatic heterocycles. The van der Waals surface area contributed by atoms with Crippen LogP contribution in [0.5, 0.6) is 5.75 Å². The van der Waals surface area contributed by atoms with Crippen LogP contribution in [0.2, 0.25) is 0 Å². The Labute approximate surface area is 173 Å². The number of hydrogen-bond donors (Lipinski definition) is 2. The van der Waals surface area contributed by atoms with Crippen LogP contribution >= 0.6 is 12.4 Å². The first kappa shape index (κ1) is 23.9. The Kier molecular flexibility index (Phi) is 8.45. The van der Waals surface area contributed by atoms with Crippen LogP contribution in [0.25, 0.3) is 5.69 Å². The summed E-state index contributed by atoms with van der Waals surface area (Å²) >= 11 is 0. The topological polar surface area (TPSA) is 95.1 Å². The number of nitrogens with zero attached hydrogens (tertiary/aromatic N) is 3. The van der Waals surface area contributed by atoms with Gasteiger partial charge in [-0.25, -0.2) is 4.68 Å². The van der Waals surface area contributed by atoms with E-state index in [1.807, 2.05) is 52.0 Å². The van der Waals surface area contributed by atoms with E-state index in [0.29, 0.717) is 23.9 Å². The molecule has 7 nitrogen and oxygen atoms in total. The van der Waals surface area contributed by atoms with Crippen molar-refractivity contribution in [1.82, 2.24) is 20.3 Å². The normalized spacial score (nSPS) is 13.2. The maximum absolute atomic E-state index is 12.7. The molecule has 0 aliphatic carbocycles. The first-order chi connectivity index (χ1) is 12.6. The van der Waals surface area contributed by atoms with Crippen LogP contribution in [-0.4, -0.2) is 39.1 Å². The first-order valence-corrected chi connectivity index (χ1v) is 9.37. The van der Waals surface area contributed by atoms with Crippen LogP contribution in [0.1, 0.15) is 57.2 Å². The van der Waals surface area contributed by atoms with Gasteiger partial charge < -0.3 is 15.8 Å². The van der Waals surface area contributed by atoms with E-state index in [9.17, 15) is 4.79 Å². The fourth-order valence-electron chi connectivity index (χ4n) is 3.14. The summed E-state index contributed by atoms with van der Waals surface area (Å²) in [5.74, 6) is 0.950. The fourth-order valence-corrected chi connectivity index (χ4v) is 3.14. The summed E-state index contributed by atoms with van der Waals surface area (Å²) in [6, 6.07) is 7.54. The Morgan fingerprint density at radius 2 is 1.86 bits per heavy atom. The van der Waals surface area contributed by atoms with Gasteiger partial charge in [-0.3, -0.25) is 4.79 Å². The van der Waals surface area contributed by atoms with E-state index in [1.54, 1.807) is 4.68 Å². The average Bonchev–Trinajstić information content (AvgIpc) is 2.96. The highest BCUT2D eigenvalue weighted by molar-refractivity contribution is 5.93. The Balaban J connectivity index is 0.00000392. The number of nitrogens with two attached hydrogens (primary N) is 1. The summed E-state index contributed by atoms with van der Waals surface area (Å²) in [4.78, 5) is 12.7. The van der Waals surface area contributed by atoms with Gasteiger partial charge in [0.15, 0.2) is 5.69 Å². The number of carbonyl (C=O) groups excluding carboxylic acids is 1. The quantitative estimate of drug-likeness (QED) is 0.697. The summed E-state index contributed by atoms with van der Waals surface area (Å²) in [7, 11) is 0. The van der Waals surface area contributed by atoms with Gasteiger partial charge in [0.1, 0.15) is 5.75 Å². The maximum atomic E-state index is 12.7. The molecule has 156 valence electrons. The Bertz CT molecular complexity index is 773. The van der Waals surface area contributed by atoms with Gasteiger partial charge in [-0.2, -0.15) is 0 Å². The number of hydrogen-bond acceptors (Lipinski definition) is 5. The Morgan fingerprint density at radius 1 is 1.25 bits per heavy atom. The minimum atomic E-state index is -0.475. The fraction of sp³-hybridized carbons (Fsp3) is 0.550. The van der Waals surface area contributed by atoms with Crippen molar-refractivity contribution in [2.24, 2.45) is 11.7 Å². The van der Waals surface area contributed by atoms with E-state index in [4.69, 9.17) is 10.5 Å². The average molecular weight is 410 g/mol. The highest BCUT2D eigenvalue weighted by Gasteiger charge is 2.28. The van der Waals surface area contributed by atoms with Crippen molar-refractivity contribution in [3.8, 4) is 11.4 Å². The van der Waals surface area contributed by atoms with E-state index >= 15 is 0 Å². The second kappa shape index (κ2) is 9.89. The van der Waals surface area contributed by atoms with Gasteiger partial charge >= 0.3 is 0 Å². The third-order valence-electron chi connectivity index (χ3n) is 4.29. The second-order valence-electron chi connectivity index (χ2n) is 7.91. The molecule has 1 aromatic carbocycles. The smallest absolute Gasteiger partial charge is 0.274 e. The molecule has 0 fully saturated rings. The predicted octanol–water partition coefficient (Wildman–Crippen LogP) is 3.28. The minimum Gasteiger partial charge on any atom is -0.491 e. The molecule has 2 aromatic rings. The zero-order valence-corrected chi connectivity index (χ0v) is 18.3. The number of ether oxygens (including phenoxy) is 1. The van der Waals surface area contributed by atoms with E-state index in [-0.39, 0.29) is 24.4 Å². The van der Waals surface area contributed by atoms with E-state index < -0.39 is 5.54 Å². The highest BCUT2D eigenvalue weighted by Crippen LogP contribution is 2.19. The molecular formula is C20H32ClN5O2. The van der Waals surface area contributed by atoms with Gasteiger partial charge in [0.25, 0.3) is 5.91 Å². The van der Waals surface area contributed by atoms with Crippen molar-refractivity contribution in [1.29, 1.82) is 0 Å². The number of nitrogens with one attached hydrogen (secondary N) is 1. The molecule has 1 amide bonds. The molecule has 8 heteroatoms. The SMILES string of the molecule is Cc1c(C(=O)NC(C)(CN)CC(C)C)nnn1-c1ccc(OC(C)C)cc1.Cl. The van der Waals surface area contributed by atoms with Crippen LogP contribution in [-0.2, 0) is 0 Å². The van der Waals surface area contributed by atoms with Gasteiger partial charge in [0.2, 0.25) is 0 Å². The lowest BCUT2D eigenvalue weighted by molar-refractivity contribution is 0.0892. The van der Waals surface area contributed by atoms with E-state index in [2.05, 4.69) is 29.5 Å². The number of rotatable bonds is 8. The van der Waals surface area contributed by atoms with Crippen molar-refractivity contribution in [2.45, 2.75) is 59.6 Å². The van der Waals surface area contributed by atoms with Crippen molar-refractivity contribution in [3.05, 3.63) is 35.7 Å². The monoisotopic (exact) mass is 409 g/mol. The number of carbonyl (C=O) groups is 1. The Hall–Kier alpha value is -2.12. The standard InChI is InChI=1S/C20H31N5O2.ClH/c1-13(2)11-20(6,12-21)22-19(26)18-15(5)25(24-23-18)16-7-9-17(10-8-16)27-14(3)4;/h7-10,13-14H,11-12,21H2,1-6H3,(H,22,26);1H. The zero-order valence-electron chi connectivity index (χ0n) is 17.5. The van der Waals surface area contributed by atoms with Gasteiger partial charge in [-0.05, 0) is 64.3 Å². The van der Waals surface area contributed by atoms with Crippen LogP contribution in [0.3, 0.4) is 0 Å². The van der Waals surface area contributed by atoms with Gasteiger partial charge in [0, 0.05) is 6.54 Å². The molecule has 0 radical (unpaired) electrons. The minimum absolute atomic E-state index is 0. The largest absolute Gasteiger partial charge is 0.491 e. The number of amides is 1. The predicted molar refractivity (Wildman–Crippen MR) is 113 cm³/mol. The molecular weight excluding hydrogens is 378 g/mol. The lowest BCUT2D eigenvalue weighted by Crippen LogP contribution is -2.52. The van der Waals surface area contributed by atoms with Gasteiger partial charge in [0.05, 0.1) is 23.0 Å². The molecule has 2 rings (SSSR count). The lowest BCUT2D eigenvalue weighted by Gasteiger charge is -2.30. The number of aromatic nitrogens is 3. The molecule has 28 heavy (non-hydrogen) atoms. The zero-order chi connectivity index (χ0) is 20.2. The summed E-state index contributed by atoms with van der Waals surface area (Å²) in [5.41, 5.74) is 7.22. The summed E-state index contributed by atoms with van der Waals surface area (Å²) in [5, 5.41) is 11.3. The summed E-state index contributed by atoms with van der Waals surface area (Å²) in [6.07, 6.45) is 0.904. The molecule has 1 atom stereocenters. The number of benzene rings is 1. The van der Waals surface area contributed by atoms with Crippen molar-refractivity contribution >= 4 is 18.3 Å². The second-order valence-corrected chi connectivity index (χ2v) is 7.91.